The average molecular weight is 301 g/mol. The van der Waals surface area contributed by atoms with Crippen molar-refractivity contribution in [2.24, 2.45) is 7.05 Å². The Kier molecular flexibility index (Phi) is 5.08. The van der Waals surface area contributed by atoms with E-state index in [-0.39, 0.29) is 0 Å². The van der Waals surface area contributed by atoms with Crippen LogP contribution >= 0.6 is 0 Å². The molecule has 1 aliphatic heterocycles. The molecule has 2 aromatic rings. The van der Waals surface area contributed by atoms with Crippen LogP contribution in [0.2, 0.25) is 0 Å². The summed E-state index contributed by atoms with van der Waals surface area (Å²) in [5.74, 6) is 0.898. The van der Waals surface area contributed by atoms with E-state index in [1.807, 2.05) is 31.6 Å². The van der Waals surface area contributed by atoms with Crippen LogP contribution in [-0.4, -0.2) is 42.2 Å². The van der Waals surface area contributed by atoms with Crippen LogP contribution in [0.1, 0.15) is 12.8 Å². The van der Waals surface area contributed by atoms with Gasteiger partial charge in [0.1, 0.15) is 12.4 Å². The van der Waals surface area contributed by atoms with Crippen LogP contribution in [0.25, 0.3) is 11.1 Å². The Balaban J connectivity index is 1.48. The second-order valence-corrected chi connectivity index (χ2v) is 5.62. The lowest BCUT2D eigenvalue weighted by molar-refractivity contribution is 0.0770. The van der Waals surface area contributed by atoms with E-state index in [0.29, 0.717) is 12.6 Å². The molecule has 0 unspecified atom stereocenters. The van der Waals surface area contributed by atoms with Gasteiger partial charge in [-0.05, 0) is 30.5 Å². The van der Waals surface area contributed by atoms with E-state index in [2.05, 4.69) is 22.5 Å². The normalized spacial score (nSPS) is 15.9. The van der Waals surface area contributed by atoms with Gasteiger partial charge in [0.25, 0.3) is 0 Å². The van der Waals surface area contributed by atoms with Crippen molar-refractivity contribution in [3.63, 3.8) is 0 Å². The zero-order valence-corrected chi connectivity index (χ0v) is 13.0. The van der Waals surface area contributed by atoms with Gasteiger partial charge in [-0.25, -0.2) is 0 Å². The number of hydrogen-bond donors (Lipinski definition) is 1. The van der Waals surface area contributed by atoms with Crippen molar-refractivity contribution >= 4 is 0 Å². The molecule has 0 spiro atoms. The van der Waals surface area contributed by atoms with E-state index in [0.717, 1.165) is 49.5 Å². The average Bonchev–Trinajstić information content (AvgIpc) is 3.00. The summed E-state index contributed by atoms with van der Waals surface area (Å²) in [6.45, 7) is 3.27. The lowest BCUT2D eigenvalue weighted by Crippen LogP contribution is -2.37. The fourth-order valence-corrected chi connectivity index (χ4v) is 2.67. The van der Waals surface area contributed by atoms with Crippen molar-refractivity contribution in [1.82, 2.24) is 15.1 Å². The van der Waals surface area contributed by atoms with Gasteiger partial charge in [0.05, 0.1) is 6.20 Å². The molecule has 2 heterocycles. The quantitative estimate of drug-likeness (QED) is 0.831. The number of nitrogens with zero attached hydrogens (tertiary/aromatic N) is 2. The molecule has 0 radical (unpaired) electrons. The van der Waals surface area contributed by atoms with Crippen molar-refractivity contribution < 1.29 is 9.47 Å². The minimum Gasteiger partial charge on any atom is -0.492 e. The number of nitrogens with one attached hydrogen (secondary N) is 1. The van der Waals surface area contributed by atoms with E-state index >= 15 is 0 Å². The SMILES string of the molecule is Cn1cc(-c2cccc(OCCNC3CCOCC3)c2)cn1. The largest absolute Gasteiger partial charge is 0.492 e. The molecule has 22 heavy (non-hydrogen) atoms. The van der Waals surface area contributed by atoms with Gasteiger partial charge >= 0.3 is 0 Å². The predicted octanol–water partition coefficient (Wildman–Crippen LogP) is 2.23. The highest BCUT2D eigenvalue weighted by Crippen LogP contribution is 2.23. The van der Waals surface area contributed by atoms with Crippen molar-refractivity contribution in [3.05, 3.63) is 36.7 Å². The van der Waals surface area contributed by atoms with E-state index < -0.39 is 0 Å². The molecule has 0 bridgehead atoms. The topological polar surface area (TPSA) is 48.3 Å². The Bertz CT molecular complexity index is 591. The van der Waals surface area contributed by atoms with E-state index in [9.17, 15) is 0 Å². The first-order valence-corrected chi connectivity index (χ1v) is 7.84. The van der Waals surface area contributed by atoms with Gasteiger partial charge in [-0.1, -0.05) is 12.1 Å². The minimum atomic E-state index is 0.569. The molecule has 0 aliphatic carbocycles. The van der Waals surface area contributed by atoms with Gasteiger partial charge in [0, 0.05) is 44.6 Å². The number of aromatic nitrogens is 2. The Hall–Kier alpha value is -1.85. The molecule has 1 aliphatic rings. The number of rotatable bonds is 6. The van der Waals surface area contributed by atoms with Crippen LogP contribution in [0.15, 0.2) is 36.7 Å². The number of hydrogen-bond acceptors (Lipinski definition) is 4. The Morgan fingerprint density at radius 3 is 2.95 bits per heavy atom. The molecule has 0 atom stereocenters. The number of ether oxygens (including phenoxy) is 2. The molecular formula is C17H23N3O2. The summed E-state index contributed by atoms with van der Waals surface area (Å²) in [5, 5.41) is 7.73. The minimum absolute atomic E-state index is 0.569. The van der Waals surface area contributed by atoms with Crippen molar-refractivity contribution in [1.29, 1.82) is 0 Å². The summed E-state index contributed by atoms with van der Waals surface area (Å²) < 4.78 is 13.0. The first kappa shape index (κ1) is 15.1. The van der Waals surface area contributed by atoms with Gasteiger partial charge in [-0.15, -0.1) is 0 Å². The fourth-order valence-electron chi connectivity index (χ4n) is 2.67. The number of benzene rings is 1. The second-order valence-electron chi connectivity index (χ2n) is 5.62. The lowest BCUT2D eigenvalue weighted by atomic mass is 10.1. The summed E-state index contributed by atoms with van der Waals surface area (Å²) in [7, 11) is 1.92. The highest BCUT2D eigenvalue weighted by molar-refractivity contribution is 5.63. The van der Waals surface area contributed by atoms with Crippen LogP contribution in [0, 0.1) is 0 Å². The maximum atomic E-state index is 5.85. The van der Waals surface area contributed by atoms with E-state index in [1.165, 1.54) is 0 Å². The summed E-state index contributed by atoms with van der Waals surface area (Å²) in [6, 6.07) is 8.71. The summed E-state index contributed by atoms with van der Waals surface area (Å²) in [5.41, 5.74) is 2.23. The molecule has 0 amide bonds. The lowest BCUT2D eigenvalue weighted by Gasteiger charge is -2.23. The Morgan fingerprint density at radius 2 is 2.18 bits per heavy atom. The molecule has 1 aromatic carbocycles. The van der Waals surface area contributed by atoms with Crippen LogP contribution in [0.3, 0.4) is 0 Å². The fraction of sp³-hybridized carbons (Fsp3) is 0.471. The molecule has 5 heteroatoms. The Labute approximate surface area is 131 Å². The zero-order valence-electron chi connectivity index (χ0n) is 13.0. The van der Waals surface area contributed by atoms with Crippen molar-refractivity contribution in [2.45, 2.75) is 18.9 Å². The van der Waals surface area contributed by atoms with E-state index in [4.69, 9.17) is 9.47 Å². The second kappa shape index (κ2) is 7.42. The molecule has 0 saturated carbocycles. The third-order valence-electron chi connectivity index (χ3n) is 3.90. The van der Waals surface area contributed by atoms with Crippen molar-refractivity contribution in [2.75, 3.05) is 26.4 Å². The molecule has 3 rings (SSSR count). The van der Waals surface area contributed by atoms with Crippen molar-refractivity contribution in [3.8, 4) is 16.9 Å². The van der Waals surface area contributed by atoms with Gasteiger partial charge in [-0.3, -0.25) is 4.68 Å². The third kappa shape index (κ3) is 4.08. The van der Waals surface area contributed by atoms with Gasteiger partial charge in [0.2, 0.25) is 0 Å². The highest BCUT2D eigenvalue weighted by Gasteiger charge is 2.12. The van der Waals surface area contributed by atoms with Crippen LogP contribution in [0.4, 0.5) is 0 Å². The molecule has 1 fully saturated rings. The molecule has 118 valence electrons. The van der Waals surface area contributed by atoms with Crippen LogP contribution in [-0.2, 0) is 11.8 Å². The summed E-state index contributed by atoms with van der Waals surface area (Å²) in [6.07, 6.45) is 6.06. The Morgan fingerprint density at radius 1 is 1.32 bits per heavy atom. The summed E-state index contributed by atoms with van der Waals surface area (Å²) >= 11 is 0. The van der Waals surface area contributed by atoms with Crippen LogP contribution in [0.5, 0.6) is 5.75 Å². The first-order chi connectivity index (χ1) is 10.8. The predicted molar refractivity (Wildman–Crippen MR) is 86.0 cm³/mol. The maximum absolute atomic E-state index is 5.85. The summed E-state index contributed by atoms with van der Waals surface area (Å²) in [4.78, 5) is 0. The highest BCUT2D eigenvalue weighted by atomic mass is 16.5. The third-order valence-corrected chi connectivity index (χ3v) is 3.90. The first-order valence-electron chi connectivity index (χ1n) is 7.84. The number of aryl methyl sites for hydroxylation is 1. The molecule has 5 nitrogen and oxygen atoms in total. The molecule has 1 N–H and O–H groups in total. The molecule has 1 saturated heterocycles. The zero-order chi connectivity index (χ0) is 15.2. The maximum Gasteiger partial charge on any atom is 0.119 e. The monoisotopic (exact) mass is 301 g/mol. The van der Waals surface area contributed by atoms with Gasteiger partial charge in [0.15, 0.2) is 0 Å². The standard InChI is InChI=1S/C17H23N3O2/c1-20-13-15(12-19-20)14-3-2-4-17(11-14)22-10-7-18-16-5-8-21-9-6-16/h2-4,11-13,16,18H,5-10H2,1H3. The van der Waals surface area contributed by atoms with Gasteiger partial charge < -0.3 is 14.8 Å². The van der Waals surface area contributed by atoms with Crippen LogP contribution < -0.4 is 10.1 Å². The smallest absolute Gasteiger partial charge is 0.119 e. The molecular weight excluding hydrogens is 278 g/mol. The molecule has 1 aromatic heterocycles. The van der Waals surface area contributed by atoms with Gasteiger partial charge in [-0.2, -0.15) is 5.10 Å². The van der Waals surface area contributed by atoms with E-state index in [1.54, 1.807) is 4.68 Å².